The van der Waals surface area contributed by atoms with E-state index in [0.717, 1.165) is 22.9 Å². The summed E-state index contributed by atoms with van der Waals surface area (Å²) in [5.74, 6) is 0. The molecule has 0 radical (unpaired) electrons. The van der Waals surface area contributed by atoms with Crippen LogP contribution in [-0.2, 0) is 10.1 Å². The minimum atomic E-state index is -4.72. The van der Waals surface area contributed by atoms with Crippen LogP contribution in [0.3, 0.4) is 0 Å². The SMILES string of the molecule is Cc1cccc(-c2ccc(N=Nc3cc(S(=O)(=O)[O-])c4ccccc4c3N)cn2)c1C.[Na+]. The molecule has 0 atom stereocenters. The maximum Gasteiger partial charge on any atom is 1.00 e. The van der Waals surface area contributed by atoms with Crippen LogP contribution in [0, 0.1) is 13.8 Å². The van der Waals surface area contributed by atoms with Crippen molar-refractivity contribution in [2.75, 3.05) is 5.73 Å². The quantitative estimate of drug-likeness (QED) is 0.220. The first kappa shape index (κ1) is 24.0. The molecule has 4 rings (SSSR count). The smallest absolute Gasteiger partial charge is 0.744 e. The largest absolute Gasteiger partial charge is 1.00 e. The van der Waals surface area contributed by atoms with E-state index >= 15 is 0 Å². The van der Waals surface area contributed by atoms with E-state index in [9.17, 15) is 13.0 Å². The first-order valence-electron chi connectivity index (χ1n) is 9.47. The first-order valence-corrected chi connectivity index (χ1v) is 10.9. The molecule has 0 spiro atoms. The zero-order valence-corrected chi connectivity index (χ0v) is 20.7. The second-order valence-corrected chi connectivity index (χ2v) is 8.50. The van der Waals surface area contributed by atoms with E-state index in [1.54, 1.807) is 30.5 Å². The van der Waals surface area contributed by atoms with E-state index in [1.165, 1.54) is 11.6 Å². The Labute approximate surface area is 208 Å². The molecule has 0 bridgehead atoms. The van der Waals surface area contributed by atoms with Crippen LogP contribution in [0.5, 0.6) is 0 Å². The minimum absolute atomic E-state index is 0. The van der Waals surface area contributed by atoms with E-state index in [2.05, 4.69) is 15.2 Å². The van der Waals surface area contributed by atoms with Gasteiger partial charge in [0.2, 0.25) is 0 Å². The summed E-state index contributed by atoms with van der Waals surface area (Å²) in [4.78, 5) is 4.08. The van der Waals surface area contributed by atoms with Crippen LogP contribution < -0.4 is 35.3 Å². The normalized spacial score (nSPS) is 11.6. The Morgan fingerprint density at radius 3 is 2.31 bits per heavy atom. The molecule has 0 amide bonds. The van der Waals surface area contributed by atoms with E-state index in [0.29, 0.717) is 11.1 Å². The van der Waals surface area contributed by atoms with Gasteiger partial charge in [0, 0.05) is 16.3 Å². The number of fused-ring (bicyclic) bond motifs is 1. The molecule has 0 fully saturated rings. The number of nitrogens with two attached hydrogens (primary N) is 1. The number of hydrogen-bond donors (Lipinski definition) is 1. The van der Waals surface area contributed by atoms with Crippen LogP contribution >= 0.6 is 0 Å². The minimum Gasteiger partial charge on any atom is -0.744 e. The molecule has 0 saturated carbocycles. The molecule has 0 saturated heterocycles. The molecule has 9 heteroatoms. The maximum absolute atomic E-state index is 11.7. The summed E-state index contributed by atoms with van der Waals surface area (Å²) in [5, 5.41) is 8.90. The van der Waals surface area contributed by atoms with E-state index in [-0.39, 0.29) is 51.2 Å². The number of benzene rings is 3. The van der Waals surface area contributed by atoms with Crippen molar-refractivity contribution < 1.29 is 42.5 Å². The third-order valence-electron chi connectivity index (χ3n) is 5.20. The Morgan fingerprint density at radius 1 is 0.938 bits per heavy atom. The molecule has 4 aromatic rings. The number of pyridine rings is 1. The molecule has 7 nitrogen and oxygen atoms in total. The van der Waals surface area contributed by atoms with Crippen LogP contribution in [0.1, 0.15) is 11.1 Å². The van der Waals surface area contributed by atoms with Gasteiger partial charge in [-0.15, -0.1) is 10.2 Å². The Morgan fingerprint density at radius 2 is 1.66 bits per heavy atom. The second kappa shape index (κ2) is 9.48. The van der Waals surface area contributed by atoms with Crippen LogP contribution in [0.15, 0.2) is 82.0 Å². The Balaban J connectivity index is 0.00000289. The standard InChI is InChI=1S/C23H20N4O3S.Na/c1-14-6-5-9-17(15(14)2)20-11-10-16(13-25-20)26-27-21-12-22(31(28,29)30)18-7-3-4-8-19(18)23(21)24;/h3-13H,24H2,1-2H3,(H,28,29,30);/q;+1/p-1. The average Bonchev–Trinajstić information content (AvgIpc) is 2.75. The third-order valence-corrected chi connectivity index (χ3v) is 6.07. The summed E-state index contributed by atoms with van der Waals surface area (Å²) in [7, 11) is -4.72. The maximum atomic E-state index is 11.7. The van der Waals surface area contributed by atoms with Crippen LogP contribution in [0.4, 0.5) is 17.1 Å². The summed E-state index contributed by atoms with van der Waals surface area (Å²) < 4.78 is 35.2. The van der Waals surface area contributed by atoms with E-state index in [4.69, 9.17) is 5.73 Å². The van der Waals surface area contributed by atoms with Crippen molar-refractivity contribution in [3.8, 4) is 11.3 Å². The fraction of sp³-hybridized carbons (Fsp3) is 0.0870. The predicted octanol–water partition coefficient (Wildman–Crippen LogP) is 2.42. The monoisotopic (exact) mass is 454 g/mol. The van der Waals surface area contributed by atoms with Crippen molar-refractivity contribution in [2.45, 2.75) is 18.7 Å². The Kier molecular flexibility index (Phi) is 7.12. The fourth-order valence-electron chi connectivity index (χ4n) is 3.38. The molecule has 2 N–H and O–H groups in total. The van der Waals surface area contributed by atoms with Gasteiger partial charge in [0.1, 0.15) is 21.5 Å². The van der Waals surface area contributed by atoms with Crippen molar-refractivity contribution in [1.29, 1.82) is 0 Å². The van der Waals surface area contributed by atoms with E-state index < -0.39 is 10.1 Å². The number of aryl methyl sites for hydroxylation is 1. The molecule has 0 unspecified atom stereocenters. The Hall–Kier alpha value is -2.62. The molecule has 3 aromatic carbocycles. The third kappa shape index (κ3) is 4.74. The van der Waals surface area contributed by atoms with Gasteiger partial charge in [0.15, 0.2) is 0 Å². The first-order chi connectivity index (χ1) is 14.8. The molecule has 156 valence electrons. The van der Waals surface area contributed by atoms with Gasteiger partial charge in [-0.1, -0.05) is 42.5 Å². The zero-order valence-electron chi connectivity index (χ0n) is 17.9. The molecule has 1 heterocycles. The average molecular weight is 454 g/mol. The summed E-state index contributed by atoms with van der Waals surface area (Å²) in [6.45, 7) is 4.09. The van der Waals surface area contributed by atoms with Crippen LogP contribution in [0.25, 0.3) is 22.0 Å². The second-order valence-electron chi connectivity index (χ2n) is 7.16. The van der Waals surface area contributed by atoms with Gasteiger partial charge in [-0.05, 0) is 43.2 Å². The summed E-state index contributed by atoms with van der Waals surface area (Å²) in [5.41, 5.74) is 11.1. The predicted molar refractivity (Wildman–Crippen MR) is 120 cm³/mol. The topological polar surface area (TPSA) is 121 Å². The molecule has 32 heavy (non-hydrogen) atoms. The molecule has 0 aliphatic carbocycles. The van der Waals surface area contributed by atoms with Gasteiger partial charge in [0.05, 0.1) is 22.5 Å². The molecular formula is C23H19N4NaO3S. The summed E-state index contributed by atoms with van der Waals surface area (Å²) >= 11 is 0. The van der Waals surface area contributed by atoms with Gasteiger partial charge in [0.25, 0.3) is 0 Å². The molecule has 0 aliphatic heterocycles. The number of aromatic nitrogens is 1. The van der Waals surface area contributed by atoms with Gasteiger partial charge < -0.3 is 10.3 Å². The molecular weight excluding hydrogens is 435 g/mol. The number of anilines is 1. The molecule has 1 aromatic heterocycles. The van der Waals surface area contributed by atoms with Crippen molar-refractivity contribution in [3.05, 3.63) is 78.0 Å². The van der Waals surface area contributed by atoms with Gasteiger partial charge in [-0.25, -0.2) is 8.42 Å². The zero-order chi connectivity index (χ0) is 22.2. The van der Waals surface area contributed by atoms with Gasteiger partial charge >= 0.3 is 29.6 Å². The van der Waals surface area contributed by atoms with Gasteiger partial charge in [-0.3, -0.25) is 4.98 Å². The van der Waals surface area contributed by atoms with E-state index in [1.807, 2.05) is 38.1 Å². The van der Waals surface area contributed by atoms with Crippen molar-refractivity contribution >= 4 is 38.0 Å². The van der Waals surface area contributed by atoms with Crippen LogP contribution in [0.2, 0.25) is 0 Å². The summed E-state index contributed by atoms with van der Waals surface area (Å²) in [6, 6.07) is 17.3. The van der Waals surface area contributed by atoms with Crippen molar-refractivity contribution in [1.82, 2.24) is 4.98 Å². The number of azo groups is 1. The number of nitrogens with zero attached hydrogens (tertiary/aromatic N) is 3. The van der Waals surface area contributed by atoms with Crippen LogP contribution in [-0.4, -0.2) is 18.0 Å². The number of nitrogen functional groups attached to an aromatic ring is 1. The van der Waals surface area contributed by atoms with Crippen molar-refractivity contribution in [2.24, 2.45) is 10.2 Å². The molecule has 0 aliphatic rings. The summed E-state index contributed by atoms with van der Waals surface area (Å²) in [6.07, 6.45) is 1.57. The number of rotatable bonds is 4. The Bertz CT molecular complexity index is 1440. The number of hydrogen-bond acceptors (Lipinski definition) is 7. The van der Waals surface area contributed by atoms with Crippen molar-refractivity contribution in [3.63, 3.8) is 0 Å². The van der Waals surface area contributed by atoms with Gasteiger partial charge in [-0.2, -0.15) is 0 Å². The fourth-order valence-corrected chi connectivity index (χ4v) is 4.09.